The topological polar surface area (TPSA) is 45.4 Å². The third-order valence-corrected chi connectivity index (χ3v) is 1.85. The van der Waals surface area contributed by atoms with Crippen molar-refractivity contribution in [3.8, 4) is 0 Å². The summed E-state index contributed by atoms with van der Waals surface area (Å²) in [7, 11) is 0. The summed E-state index contributed by atoms with van der Waals surface area (Å²) in [6.45, 7) is 6.19. The molecule has 0 fully saturated rings. The van der Waals surface area contributed by atoms with Crippen molar-refractivity contribution in [2.45, 2.75) is 39.5 Å². The summed E-state index contributed by atoms with van der Waals surface area (Å²) in [6.07, 6.45) is 0. The van der Waals surface area contributed by atoms with E-state index >= 15 is 0 Å². The van der Waals surface area contributed by atoms with Crippen LogP contribution in [0.2, 0.25) is 0 Å². The average Bonchev–Trinajstić information content (AvgIpc) is 2.50. The molecule has 3 nitrogen and oxygen atoms in total. The minimum absolute atomic E-state index is 0.0333. The molecule has 0 spiro atoms. The second-order valence-corrected chi connectivity index (χ2v) is 3.51. The fraction of sp³-hybridized carbons (Fsp3) is 0.600. The molecule has 1 atom stereocenters. The highest BCUT2D eigenvalue weighted by molar-refractivity contribution is 5.09. The quantitative estimate of drug-likeness (QED) is 0.748. The summed E-state index contributed by atoms with van der Waals surface area (Å²) < 4.78 is 5.38. The van der Waals surface area contributed by atoms with Gasteiger partial charge in [0.15, 0.2) is 0 Å². The van der Waals surface area contributed by atoms with E-state index in [-0.39, 0.29) is 12.6 Å². The zero-order valence-corrected chi connectivity index (χ0v) is 8.37. The van der Waals surface area contributed by atoms with Crippen LogP contribution in [0.4, 0.5) is 0 Å². The molecule has 0 radical (unpaired) electrons. The van der Waals surface area contributed by atoms with Crippen molar-refractivity contribution in [1.29, 1.82) is 0 Å². The smallest absolute Gasteiger partial charge is 0.129 e. The lowest BCUT2D eigenvalue weighted by Gasteiger charge is -2.14. The SMILES string of the molecule is CC(C)NC(C)c1ccc(CO)o1. The molecule has 1 heterocycles. The first-order valence-corrected chi connectivity index (χ1v) is 4.59. The summed E-state index contributed by atoms with van der Waals surface area (Å²) in [6, 6.07) is 4.32. The molecule has 3 heteroatoms. The lowest BCUT2D eigenvalue weighted by molar-refractivity contribution is 0.239. The Bertz CT molecular complexity index is 255. The van der Waals surface area contributed by atoms with Crippen LogP contribution in [0.5, 0.6) is 0 Å². The van der Waals surface area contributed by atoms with Crippen molar-refractivity contribution in [3.05, 3.63) is 23.7 Å². The Kier molecular flexibility index (Phi) is 3.51. The van der Waals surface area contributed by atoms with Crippen LogP contribution < -0.4 is 5.32 Å². The minimum atomic E-state index is -0.0333. The molecule has 0 aliphatic rings. The lowest BCUT2D eigenvalue weighted by Crippen LogP contribution is -2.25. The van der Waals surface area contributed by atoms with Crippen molar-refractivity contribution in [2.75, 3.05) is 0 Å². The van der Waals surface area contributed by atoms with E-state index in [1.807, 2.05) is 13.0 Å². The minimum Gasteiger partial charge on any atom is -0.462 e. The highest BCUT2D eigenvalue weighted by Crippen LogP contribution is 2.16. The zero-order valence-electron chi connectivity index (χ0n) is 8.37. The summed E-state index contributed by atoms with van der Waals surface area (Å²) >= 11 is 0. The first-order chi connectivity index (χ1) is 6.13. The van der Waals surface area contributed by atoms with Gasteiger partial charge < -0.3 is 14.8 Å². The zero-order chi connectivity index (χ0) is 9.84. The summed E-state index contributed by atoms with van der Waals surface area (Å²) in [5.41, 5.74) is 0. The van der Waals surface area contributed by atoms with E-state index in [0.717, 1.165) is 5.76 Å². The first-order valence-electron chi connectivity index (χ1n) is 4.59. The average molecular weight is 183 g/mol. The van der Waals surface area contributed by atoms with Crippen LogP contribution in [0.15, 0.2) is 16.5 Å². The van der Waals surface area contributed by atoms with E-state index < -0.39 is 0 Å². The number of furan rings is 1. The normalized spacial score (nSPS) is 13.6. The van der Waals surface area contributed by atoms with Crippen LogP contribution in [0, 0.1) is 0 Å². The second-order valence-electron chi connectivity index (χ2n) is 3.51. The van der Waals surface area contributed by atoms with E-state index in [1.54, 1.807) is 6.07 Å². The number of hydrogen-bond acceptors (Lipinski definition) is 3. The van der Waals surface area contributed by atoms with Crippen molar-refractivity contribution < 1.29 is 9.52 Å². The van der Waals surface area contributed by atoms with Crippen molar-refractivity contribution in [1.82, 2.24) is 5.32 Å². The van der Waals surface area contributed by atoms with Gasteiger partial charge in [0.25, 0.3) is 0 Å². The molecule has 0 amide bonds. The third kappa shape index (κ3) is 2.86. The molecule has 0 saturated heterocycles. The lowest BCUT2D eigenvalue weighted by atomic mass is 10.2. The second kappa shape index (κ2) is 4.44. The third-order valence-electron chi connectivity index (χ3n) is 1.85. The van der Waals surface area contributed by atoms with Crippen LogP contribution in [0.25, 0.3) is 0 Å². The van der Waals surface area contributed by atoms with E-state index in [4.69, 9.17) is 9.52 Å². The molecule has 74 valence electrons. The first kappa shape index (κ1) is 10.3. The van der Waals surface area contributed by atoms with Gasteiger partial charge in [-0.2, -0.15) is 0 Å². The fourth-order valence-electron chi connectivity index (χ4n) is 1.29. The molecule has 2 N–H and O–H groups in total. The maximum absolute atomic E-state index is 8.80. The molecule has 0 bridgehead atoms. The van der Waals surface area contributed by atoms with Gasteiger partial charge in [-0.05, 0) is 19.1 Å². The summed E-state index contributed by atoms with van der Waals surface area (Å²) in [4.78, 5) is 0. The molecule has 1 rings (SSSR count). The van der Waals surface area contributed by atoms with Crippen molar-refractivity contribution in [3.63, 3.8) is 0 Å². The maximum Gasteiger partial charge on any atom is 0.129 e. The predicted molar refractivity (Wildman–Crippen MR) is 51.3 cm³/mol. The predicted octanol–water partition coefficient (Wildman–Crippen LogP) is 1.83. The van der Waals surface area contributed by atoms with Gasteiger partial charge in [-0.1, -0.05) is 13.8 Å². The standard InChI is InChI=1S/C10H17NO2/c1-7(2)11-8(3)10-5-4-9(6-12)13-10/h4-5,7-8,11-12H,6H2,1-3H3. The van der Waals surface area contributed by atoms with Gasteiger partial charge >= 0.3 is 0 Å². The number of aliphatic hydroxyl groups excluding tert-OH is 1. The van der Waals surface area contributed by atoms with E-state index in [1.165, 1.54) is 0 Å². The molecule has 0 aliphatic carbocycles. The summed E-state index contributed by atoms with van der Waals surface area (Å²) in [5, 5.41) is 12.1. The molecule has 13 heavy (non-hydrogen) atoms. The van der Waals surface area contributed by atoms with Gasteiger partial charge in [0.2, 0.25) is 0 Å². The molecule has 1 unspecified atom stereocenters. The Morgan fingerprint density at radius 1 is 1.38 bits per heavy atom. The van der Waals surface area contributed by atoms with Crippen molar-refractivity contribution >= 4 is 0 Å². The molecular formula is C10H17NO2. The number of hydrogen-bond donors (Lipinski definition) is 2. The van der Waals surface area contributed by atoms with Crippen LogP contribution in [-0.4, -0.2) is 11.1 Å². The van der Waals surface area contributed by atoms with Gasteiger partial charge in [0.1, 0.15) is 18.1 Å². The Morgan fingerprint density at radius 2 is 2.08 bits per heavy atom. The maximum atomic E-state index is 8.80. The van der Waals surface area contributed by atoms with Crippen LogP contribution in [0.3, 0.4) is 0 Å². The van der Waals surface area contributed by atoms with E-state index in [2.05, 4.69) is 19.2 Å². The van der Waals surface area contributed by atoms with Crippen LogP contribution in [0.1, 0.15) is 38.3 Å². The Morgan fingerprint density at radius 3 is 2.54 bits per heavy atom. The molecule has 1 aromatic heterocycles. The van der Waals surface area contributed by atoms with Gasteiger partial charge in [0.05, 0.1) is 6.04 Å². The molecule has 0 aromatic carbocycles. The number of rotatable bonds is 4. The fourth-order valence-corrected chi connectivity index (χ4v) is 1.29. The van der Waals surface area contributed by atoms with Gasteiger partial charge in [-0.25, -0.2) is 0 Å². The Hall–Kier alpha value is -0.800. The van der Waals surface area contributed by atoms with E-state index in [0.29, 0.717) is 11.8 Å². The van der Waals surface area contributed by atoms with Gasteiger partial charge in [-0.15, -0.1) is 0 Å². The molecule has 0 aliphatic heterocycles. The van der Waals surface area contributed by atoms with Crippen LogP contribution in [-0.2, 0) is 6.61 Å². The largest absolute Gasteiger partial charge is 0.462 e. The molecular weight excluding hydrogens is 166 g/mol. The van der Waals surface area contributed by atoms with Crippen LogP contribution >= 0.6 is 0 Å². The molecule has 0 saturated carbocycles. The number of nitrogens with one attached hydrogen (secondary N) is 1. The van der Waals surface area contributed by atoms with E-state index in [9.17, 15) is 0 Å². The Balaban J connectivity index is 2.60. The van der Waals surface area contributed by atoms with Gasteiger partial charge in [-0.3, -0.25) is 0 Å². The highest BCUT2D eigenvalue weighted by atomic mass is 16.4. The molecule has 1 aromatic rings. The van der Waals surface area contributed by atoms with Crippen molar-refractivity contribution in [2.24, 2.45) is 0 Å². The summed E-state index contributed by atoms with van der Waals surface area (Å²) in [5.74, 6) is 1.49. The van der Waals surface area contributed by atoms with Gasteiger partial charge in [0, 0.05) is 6.04 Å². The number of aliphatic hydroxyl groups is 1. The highest BCUT2D eigenvalue weighted by Gasteiger charge is 2.10. The Labute approximate surface area is 78.8 Å². The monoisotopic (exact) mass is 183 g/mol.